The molecule has 10 nitrogen and oxygen atoms in total. The Hall–Kier alpha value is -3.57. The third kappa shape index (κ3) is 6.11. The molecule has 3 rings (SSSR count). The summed E-state index contributed by atoms with van der Waals surface area (Å²) < 4.78 is 20.8. The number of hydrogen-bond donors (Lipinski definition) is 2. The molecule has 1 amide bonds. The molecule has 2 aromatic rings. The molecule has 0 atom stereocenters. The minimum Gasteiger partial charge on any atom is -0.493 e. The highest BCUT2D eigenvalue weighted by Crippen LogP contribution is 2.38. The summed E-state index contributed by atoms with van der Waals surface area (Å²) in [6, 6.07) is 8.29. The number of benzene rings is 2. The molecular formula is C24H30N4O6S. The summed E-state index contributed by atoms with van der Waals surface area (Å²) in [6.45, 7) is 3.43. The number of carbonyl (C=O) groups is 2. The Morgan fingerprint density at radius 3 is 2.06 bits per heavy atom. The fourth-order valence-corrected chi connectivity index (χ4v) is 3.95. The number of thiocarbonyl (C=S) groups is 1. The van der Waals surface area contributed by atoms with Crippen LogP contribution in [0.5, 0.6) is 17.2 Å². The normalized spacial score (nSPS) is 13.6. The first-order chi connectivity index (χ1) is 16.8. The topological polar surface area (TPSA) is 102 Å². The van der Waals surface area contributed by atoms with Crippen molar-refractivity contribution in [1.82, 2.24) is 10.2 Å². The molecule has 188 valence electrons. The Morgan fingerprint density at radius 1 is 0.886 bits per heavy atom. The third-order valence-corrected chi connectivity index (χ3v) is 5.87. The van der Waals surface area contributed by atoms with Gasteiger partial charge >= 0.3 is 5.97 Å². The fraction of sp³-hybridized carbons (Fsp3) is 0.375. The molecule has 0 aromatic heterocycles. The Labute approximate surface area is 210 Å². The molecule has 1 heterocycles. The van der Waals surface area contributed by atoms with E-state index in [2.05, 4.69) is 27.5 Å². The molecule has 0 radical (unpaired) electrons. The predicted molar refractivity (Wildman–Crippen MR) is 137 cm³/mol. The van der Waals surface area contributed by atoms with Gasteiger partial charge < -0.3 is 34.1 Å². The number of amides is 1. The van der Waals surface area contributed by atoms with Gasteiger partial charge in [-0.25, -0.2) is 4.79 Å². The number of anilines is 2. The first-order valence-corrected chi connectivity index (χ1v) is 11.3. The molecule has 0 spiro atoms. The molecule has 35 heavy (non-hydrogen) atoms. The SMILES string of the molecule is COC(=O)c1ccc(N2CCN(C)CC2)c(NC(=S)NC(=O)c2cc(OC)c(OC)c(OC)c2)c1. The van der Waals surface area contributed by atoms with Crippen molar-refractivity contribution in [3.63, 3.8) is 0 Å². The molecule has 1 aliphatic heterocycles. The maximum absolute atomic E-state index is 12.9. The first-order valence-electron chi connectivity index (χ1n) is 10.9. The lowest BCUT2D eigenvalue weighted by Gasteiger charge is -2.35. The van der Waals surface area contributed by atoms with Crippen LogP contribution < -0.4 is 29.7 Å². The van der Waals surface area contributed by atoms with Gasteiger partial charge in [0, 0.05) is 31.7 Å². The van der Waals surface area contributed by atoms with Gasteiger partial charge in [-0.1, -0.05) is 0 Å². The monoisotopic (exact) mass is 502 g/mol. The average molecular weight is 503 g/mol. The van der Waals surface area contributed by atoms with Crippen LogP contribution in [-0.4, -0.2) is 83.6 Å². The Kier molecular flexibility index (Phi) is 8.72. The molecule has 1 saturated heterocycles. The van der Waals surface area contributed by atoms with Crippen LogP contribution in [0.25, 0.3) is 0 Å². The number of ether oxygens (including phenoxy) is 4. The smallest absolute Gasteiger partial charge is 0.337 e. The lowest BCUT2D eigenvalue weighted by Crippen LogP contribution is -2.45. The highest BCUT2D eigenvalue weighted by Gasteiger charge is 2.21. The minimum atomic E-state index is -0.467. The average Bonchev–Trinajstić information content (AvgIpc) is 2.87. The summed E-state index contributed by atoms with van der Waals surface area (Å²) in [5.41, 5.74) is 2.10. The second-order valence-corrected chi connectivity index (χ2v) is 8.24. The Morgan fingerprint density at radius 2 is 1.51 bits per heavy atom. The number of likely N-dealkylation sites (N-methyl/N-ethyl adjacent to an activating group) is 1. The van der Waals surface area contributed by atoms with Crippen LogP contribution in [0.2, 0.25) is 0 Å². The van der Waals surface area contributed by atoms with Crippen molar-refractivity contribution in [3.05, 3.63) is 41.5 Å². The van der Waals surface area contributed by atoms with Crippen molar-refractivity contribution in [2.45, 2.75) is 0 Å². The minimum absolute atomic E-state index is 0.0705. The third-order valence-electron chi connectivity index (χ3n) is 5.66. The van der Waals surface area contributed by atoms with E-state index in [0.717, 1.165) is 31.9 Å². The van der Waals surface area contributed by atoms with Gasteiger partial charge in [0.05, 0.1) is 45.4 Å². The van der Waals surface area contributed by atoms with Gasteiger partial charge in [0.2, 0.25) is 5.75 Å². The zero-order chi connectivity index (χ0) is 25.5. The van der Waals surface area contributed by atoms with Gasteiger partial charge in [-0.2, -0.15) is 0 Å². The van der Waals surface area contributed by atoms with E-state index in [4.69, 9.17) is 31.2 Å². The number of esters is 1. The highest BCUT2D eigenvalue weighted by molar-refractivity contribution is 7.80. The van der Waals surface area contributed by atoms with Crippen LogP contribution in [-0.2, 0) is 4.74 Å². The lowest BCUT2D eigenvalue weighted by atomic mass is 10.1. The number of methoxy groups -OCH3 is 4. The van der Waals surface area contributed by atoms with Crippen molar-refractivity contribution in [2.24, 2.45) is 0 Å². The zero-order valence-electron chi connectivity index (χ0n) is 20.5. The van der Waals surface area contributed by atoms with E-state index in [-0.39, 0.29) is 10.7 Å². The van der Waals surface area contributed by atoms with Gasteiger partial charge in [0.25, 0.3) is 5.91 Å². The van der Waals surface area contributed by atoms with E-state index in [9.17, 15) is 9.59 Å². The maximum atomic E-state index is 12.9. The van der Waals surface area contributed by atoms with Crippen LogP contribution in [0.4, 0.5) is 11.4 Å². The molecule has 2 aromatic carbocycles. The predicted octanol–water partition coefficient (Wildman–Crippen LogP) is 2.38. The van der Waals surface area contributed by atoms with Crippen LogP contribution in [0, 0.1) is 0 Å². The molecular weight excluding hydrogens is 472 g/mol. The van der Waals surface area contributed by atoms with E-state index in [1.165, 1.54) is 40.6 Å². The number of hydrogen-bond acceptors (Lipinski definition) is 9. The van der Waals surface area contributed by atoms with Crippen LogP contribution in [0.3, 0.4) is 0 Å². The summed E-state index contributed by atoms with van der Waals surface area (Å²) in [6.07, 6.45) is 0. The van der Waals surface area contributed by atoms with Crippen LogP contribution in [0.15, 0.2) is 30.3 Å². The maximum Gasteiger partial charge on any atom is 0.337 e. The second-order valence-electron chi connectivity index (χ2n) is 7.84. The molecule has 0 unspecified atom stereocenters. The van der Waals surface area contributed by atoms with Crippen LogP contribution >= 0.6 is 12.2 Å². The molecule has 0 bridgehead atoms. The van der Waals surface area contributed by atoms with E-state index < -0.39 is 11.9 Å². The second kappa shape index (κ2) is 11.7. The van der Waals surface area contributed by atoms with Gasteiger partial charge in [0.15, 0.2) is 16.6 Å². The molecule has 11 heteroatoms. The summed E-state index contributed by atoms with van der Waals surface area (Å²) >= 11 is 5.43. The van der Waals surface area contributed by atoms with E-state index in [0.29, 0.717) is 28.5 Å². The Balaban J connectivity index is 1.83. The van der Waals surface area contributed by atoms with Gasteiger partial charge in [0.1, 0.15) is 0 Å². The van der Waals surface area contributed by atoms with E-state index in [1.807, 2.05) is 6.07 Å². The summed E-state index contributed by atoms with van der Waals surface area (Å²) in [7, 11) is 7.83. The molecule has 2 N–H and O–H groups in total. The number of rotatable bonds is 7. The van der Waals surface area contributed by atoms with Crippen molar-refractivity contribution >= 4 is 40.6 Å². The number of nitrogens with one attached hydrogen (secondary N) is 2. The molecule has 1 aliphatic rings. The lowest BCUT2D eigenvalue weighted by molar-refractivity contribution is 0.0600. The van der Waals surface area contributed by atoms with Gasteiger partial charge in [-0.05, 0) is 49.6 Å². The fourth-order valence-electron chi connectivity index (χ4n) is 3.75. The van der Waals surface area contributed by atoms with Crippen molar-refractivity contribution < 1.29 is 28.5 Å². The number of piperazine rings is 1. The zero-order valence-corrected chi connectivity index (χ0v) is 21.3. The summed E-state index contributed by atoms with van der Waals surface area (Å²) in [5, 5.41) is 5.81. The number of nitrogens with zero attached hydrogens (tertiary/aromatic N) is 2. The highest BCUT2D eigenvalue weighted by atomic mass is 32.1. The first kappa shape index (κ1) is 26.0. The van der Waals surface area contributed by atoms with E-state index in [1.54, 1.807) is 12.1 Å². The quantitative estimate of drug-likeness (QED) is 0.433. The summed E-state index contributed by atoms with van der Waals surface area (Å²) in [5.74, 6) is 0.138. The number of carbonyl (C=O) groups excluding carboxylic acids is 2. The van der Waals surface area contributed by atoms with Gasteiger partial charge in [-0.15, -0.1) is 0 Å². The summed E-state index contributed by atoms with van der Waals surface area (Å²) in [4.78, 5) is 29.5. The molecule has 1 fully saturated rings. The largest absolute Gasteiger partial charge is 0.493 e. The van der Waals surface area contributed by atoms with E-state index >= 15 is 0 Å². The molecule has 0 saturated carbocycles. The Bertz CT molecular complexity index is 1080. The molecule has 0 aliphatic carbocycles. The van der Waals surface area contributed by atoms with Crippen molar-refractivity contribution in [3.8, 4) is 17.2 Å². The van der Waals surface area contributed by atoms with Gasteiger partial charge in [-0.3, -0.25) is 10.1 Å². The van der Waals surface area contributed by atoms with Crippen LogP contribution in [0.1, 0.15) is 20.7 Å². The van der Waals surface area contributed by atoms with Crippen molar-refractivity contribution in [2.75, 3.05) is 71.9 Å². The van der Waals surface area contributed by atoms with Crippen molar-refractivity contribution in [1.29, 1.82) is 0 Å². The standard InChI is InChI=1S/C24H30N4O6S/c1-27-8-10-28(11-9-27)18-7-6-15(23(30)34-5)12-17(18)25-24(35)26-22(29)16-13-19(31-2)21(33-4)20(14-16)32-3/h6-7,12-14H,8-11H2,1-5H3,(H2,25,26,29,35).